The molecule has 0 heterocycles. The molecular weight excluding hydrogens is 254 g/mol. The molecule has 15 heavy (non-hydrogen) atoms. The van der Waals surface area contributed by atoms with Gasteiger partial charge in [-0.15, -0.1) is 0 Å². The quantitative estimate of drug-likeness (QED) is 0.881. The fraction of sp³-hybridized carbons (Fsp3) is 0.500. The van der Waals surface area contributed by atoms with Crippen LogP contribution in [0.3, 0.4) is 0 Å². The van der Waals surface area contributed by atoms with Crippen LogP contribution < -0.4 is 5.32 Å². The Morgan fingerprint density at radius 1 is 1.33 bits per heavy atom. The van der Waals surface area contributed by atoms with Crippen molar-refractivity contribution in [2.24, 2.45) is 0 Å². The number of aryl methyl sites for hydroxylation is 2. The minimum absolute atomic E-state index is 0.242. The second-order valence-electron chi connectivity index (χ2n) is 3.98. The van der Waals surface area contributed by atoms with Gasteiger partial charge in [0, 0.05) is 16.7 Å². The highest BCUT2D eigenvalue weighted by atomic mass is 79.9. The van der Waals surface area contributed by atoms with Crippen LogP contribution in [0.15, 0.2) is 16.6 Å². The van der Waals surface area contributed by atoms with Crippen molar-refractivity contribution in [1.82, 2.24) is 0 Å². The van der Waals surface area contributed by atoms with E-state index in [4.69, 9.17) is 5.11 Å². The van der Waals surface area contributed by atoms with E-state index in [-0.39, 0.29) is 6.10 Å². The summed E-state index contributed by atoms with van der Waals surface area (Å²) >= 11 is 3.47. The predicted octanol–water partition coefficient (Wildman–Crippen LogP) is 3.25. The average Bonchev–Trinajstić information content (AvgIpc) is 2.08. The summed E-state index contributed by atoms with van der Waals surface area (Å²) in [4.78, 5) is 0. The van der Waals surface area contributed by atoms with Crippen molar-refractivity contribution in [3.8, 4) is 0 Å². The number of nitrogens with one attached hydrogen (secondary N) is 1. The zero-order valence-corrected chi connectivity index (χ0v) is 11.1. The lowest BCUT2D eigenvalue weighted by molar-refractivity contribution is 0.188. The summed E-state index contributed by atoms with van der Waals surface area (Å²) in [6, 6.07) is 4.19. The number of hydrogen-bond acceptors (Lipinski definition) is 2. The Hall–Kier alpha value is -0.540. The number of aliphatic hydroxyl groups excluding tert-OH is 1. The zero-order chi connectivity index (χ0) is 11.4. The monoisotopic (exact) mass is 271 g/mol. The largest absolute Gasteiger partial charge is 0.393 e. The van der Waals surface area contributed by atoms with Gasteiger partial charge in [-0.1, -0.05) is 15.9 Å². The average molecular weight is 272 g/mol. The van der Waals surface area contributed by atoms with Gasteiger partial charge in [-0.2, -0.15) is 0 Å². The first kappa shape index (κ1) is 12.5. The molecule has 1 aromatic rings. The molecule has 0 saturated heterocycles. The van der Waals surface area contributed by atoms with E-state index < -0.39 is 0 Å². The van der Waals surface area contributed by atoms with Crippen molar-refractivity contribution in [1.29, 1.82) is 0 Å². The van der Waals surface area contributed by atoms with Gasteiger partial charge in [0.15, 0.2) is 0 Å². The fourth-order valence-electron chi connectivity index (χ4n) is 1.60. The Labute approximate surface area is 99.8 Å². The van der Waals surface area contributed by atoms with Crippen molar-refractivity contribution in [3.63, 3.8) is 0 Å². The fourth-order valence-corrected chi connectivity index (χ4v) is 2.28. The standard InChI is InChI=1S/C12H18BrNO/c1-8-6-11(13)7-9(2)12(8)14-5-4-10(3)15/h6-7,10,14-15H,4-5H2,1-3H3. The van der Waals surface area contributed by atoms with Gasteiger partial charge in [0.2, 0.25) is 0 Å². The first-order valence-electron chi connectivity index (χ1n) is 5.19. The second-order valence-corrected chi connectivity index (χ2v) is 4.89. The molecule has 0 radical (unpaired) electrons. The number of hydrogen-bond donors (Lipinski definition) is 2. The van der Waals surface area contributed by atoms with E-state index in [1.165, 1.54) is 16.8 Å². The van der Waals surface area contributed by atoms with E-state index in [9.17, 15) is 0 Å². The van der Waals surface area contributed by atoms with Gasteiger partial charge in [0.05, 0.1) is 6.10 Å². The molecule has 0 aliphatic carbocycles. The molecule has 1 aromatic carbocycles. The molecule has 2 N–H and O–H groups in total. The van der Waals surface area contributed by atoms with Crippen LogP contribution in [0, 0.1) is 13.8 Å². The number of rotatable bonds is 4. The molecule has 84 valence electrons. The van der Waals surface area contributed by atoms with Crippen LogP contribution in [-0.2, 0) is 0 Å². The third kappa shape index (κ3) is 3.84. The molecule has 0 aliphatic rings. The molecule has 3 heteroatoms. The van der Waals surface area contributed by atoms with Gasteiger partial charge >= 0.3 is 0 Å². The second kappa shape index (κ2) is 5.52. The van der Waals surface area contributed by atoms with Gasteiger partial charge in [0.1, 0.15) is 0 Å². The van der Waals surface area contributed by atoms with Gasteiger partial charge in [-0.3, -0.25) is 0 Å². The summed E-state index contributed by atoms with van der Waals surface area (Å²) in [6.07, 6.45) is 0.531. The van der Waals surface area contributed by atoms with E-state index >= 15 is 0 Å². The first-order chi connectivity index (χ1) is 7.00. The van der Waals surface area contributed by atoms with Crippen molar-refractivity contribution in [3.05, 3.63) is 27.7 Å². The van der Waals surface area contributed by atoms with Gasteiger partial charge in [-0.05, 0) is 50.5 Å². The van der Waals surface area contributed by atoms with Gasteiger partial charge < -0.3 is 10.4 Å². The Morgan fingerprint density at radius 2 is 1.87 bits per heavy atom. The minimum Gasteiger partial charge on any atom is -0.393 e. The lowest BCUT2D eigenvalue weighted by atomic mass is 10.1. The molecule has 0 fully saturated rings. The third-order valence-electron chi connectivity index (χ3n) is 2.36. The van der Waals surface area contributed by atoms with Crippen LogP contribution in [0.5, 0.6) is 0 Å². The Bertz CT molecular complexity index is 313. The molecule has 1 rings (SSSR count). The highest BCUT2D eigenvalue weighted by molar-refractivity contribution is 9.10. The molecule has 0 aliphatic heterocycles. The van der Waals surface area contributed by atoms with Gasteiger partial charge in [-0.25, -0.2) is 0 Å². The lowest BCUT2D eigenvalue weighted by Gasteiger charge is -2.14. The maximum atomic E-state index is 9.17. The summed E-state index contributed by atoms with van der Waals surface area (Å²) in [5.74, 6) is 0. The van der Waals surface area contributed by atoms with Gasteiger partial charge in [0.25, 0.3) is 0 Å². The van der Waals surface area contributed by atoms with Crippen molar-refractivity contribution in [2.75, 3.05) is 11.9 Å². The van der Waals surface area contributed by atoms with E-state index in [0.29, 0.717) is 0 Å². The first-order valence-corrected chi connectivity index (χ1v) is 5.98. The SMILES string of the molecule is Cc1cc(Br)cc(C)c1NCCC(C)O. The highest BCUT2D eigenvalue weighted by Crippen LogP contribution is 2.24. The maximum Gasteiger partial charge on any atom is 0.0528 e. The summed E-state index contributed by atoms with van der Waals surface area (Å²) in [5.41, 5.74) is 3.64. The molecule has 1 unspecified atom stereocenters. The van der Waals surface area contributed by atoms with E-state index in [1.54, 1.807) is 0 Å². The van der Waals surface area contributed by atoms with Crippen LogP contribution in [0.25, 0.3) is 0 Å². The summed E-state index contributed by atoms with van der Waals surface area (Å²) in [7, 11) is 0. The van der Waals surface area contributed by atoms with E-state index in [1.807, 2.05) is 6.92 Å². The van der Waals surface area contributed by atoms with Crippen LogP contribution in [-0.4, -0.2) is 17.8 Å². The summed E-state index contributed by atoms with van der Waals surface area (Å²) < 4.78 is 1.11. The summed E-state index contributed by atoms with van der Waals surface area (Å²) in [5, 5.41) is 12.5. The van der Waals surface area contributed by atoms with Crippen LogP contribution >= 0.6 is 15.9 Å². The number of halogens is 1. The molecule has 1 atom stereocenters. The number of benzene rings is 1. The molecular formula is C12H18BrNO. The highest BCUT2D eigenvalue weighted by Gasteiger charge is 2.04. The van der Waals surface area contributed by atoms with E-state index in [2.05, 4.69) is 47.2 Å². The van der Waals surface area contributed by atoms with E-state index in [0.717, 1.165) is 17.4 Å². The van der Waals surface area contributed by atoms with Crippen LogP contribution in [0.1, 0.15) is 24.5 Å². The normalized spacial score (nSPS) is 12.6. The Kier molecular flexibility index (Phi) is 4.61. The maximum absolute atomic E-state index is 9.17. The number of anilines is 1. The van der Waals surface area contributed by atoms with Crippen LogP contribution in [0.2, 0.25) is 0 Å². The van der Waals surface area contributed by atoms with Crippen LogP contribution in [0.4, 0.5) is 5.69 Å². The molecule has 0 saturated carbocycles. The third-order valence-corrected chi connectivity index (χ3v) is 2.82. The smallest absolute Gasteiger partial charge is 0.0528 e. The molecule has 0 bridgehead atoms. The molecule has 2 nitrogen and oxygen atoms in total. The number of aliphatic hydroxyl groups is 1. The lowest BCUT2D eigenvalue weighted by Crippen LogP contribution is -2.11. The predicted molar refractivity (Wildman–Crippen MR) is 68.4 cm³/mol. The van der Waals surface area contributed by atoms with Crippen molar-refractivity contribution < 1.29 is 5.11 Å². The molecule has 0 amide bonds. The molecule has 0 aromatic heterocycles. The van der Waals surface area contributed by atoms with Crippen molar-refractivity contribution in [2.45, 2.75) is 33.3 Å². The minimum atomic E-state index is -0.242. The van der Waals surface area contributed by atoms with Crippen molar-refractivity contribution >= 4 is 21.6 Å². The zero-order valence-electron chi connectivity index (χ0n) is 9.47. The Balaban J connectivity index is 2.68. The summed E-state index contributed by atoms with van der Waals surface area (Å²) in [6.45, 7) is 6.79. The topological polar surface area (TPSA) is 32.3 Å². The Morgan fingerprint density at radius 3 is 2.33 bits per heavy atom. The molecule has 0 spiro atoms.